The van der Waals surface area contributed by atoms with E-state index in [0.717, 1.165) is 0 Å². The largest absolute Gasteiger partial charge is 0.394 e. The molecule has 0 saturated carbocycles. The Kier molecular flexibility index (Phi) is 17.6. The van der Waals surface area contributed by atoms with Crippen LogP contribution in [-0.4, -0.2) is 326 Å². The van der Waals surface area contributed by atoms with E-state index < -0.39 is 224 Å². The molecule has 6 fully saturated rings. The van der Waals surface area contributed by atoms with E-state index in [0.29, 0.717) is 0 Å². The summed E-state index contributed by atoms with van der Waals surface area (Å²) in [7, 11) is 0. The third-order valence-corrected chi connectivity index (χ3v) is 12.9. The first kappa shape index (κ1) is 55.1. The summed E-state index contributed by atoms with van der Waals surface area (Å²) in [5.74, 6) is -14.0. The molecule has 0 aliphatic carbocycles. The standard InChI is InChI=1S/C36H62O31/c37-1-12-18(44)24(50)25(51)31(61-12)67-36(30(56)23(49)17(6-42)66-36)11-60-35(29(55)22(48)16(5-41)65-35)10-59-34(28(54)21(47)15(4-40)64-34)9-58-33(27(53)20(46)14(3-39)63-33)8-57-32(7-43)26(52)19(45)13(2-38)62-32/h12-31,37-56H,1-11H2/t12-,13-,14-,15-,16-,17-,18-,19-,20-,21-,22-,23-,24+,25-,26+,27+,28+,29+,30+,31-,32-,33?,34+,35+,36+/m1/s1. The van der Waals surface area contributed by atoms with E-state index in [1.165, 1.54) is 0 Å². The first-order valence-electron chi connectivity index (χ1n) is 21.0. The predicted molar refractivity (Wildman–Crippen MR) is 199 cm³/mol. The third-order valence-electron chi connectivity index (χ3n) is 12.9. The van der Waals surface area contributed by atoms with Gasteiger partial charge in [-0.05, 0) is 0 Å². The van der Waals surface area contributed by atoms with Gasteiger partial charge in [-0.1, -0.05) is 0 Å². The highest BCUT2D eigenvalue weighted by Gasteiger charge is 2.66. The number of aliphatic hydroxyl groups is 20. The summed E-state index contributed by atoms with van der Waals surface area (Å²) in [4.78, 5) is 0. The molecule has 0 bridgehead atoms. The molecule has 6 aliphatic heterocycles. The van der Waals surface area contributed by atoms with Crippen LogP contribution in [-0.2, 0) is 52.1 Å². The monoisotopic (exact) mass is 990 g/mol. The van der Waals surface area contributed by atoms with Crippen LogP contribution in [0, 0.1) is 0 Å². The van der Waals surface area contributed by atoms with E-state index >= 15 is 0 Å². The number of aliphatic hydroxyl groups excluding tert-OH is 20. The van der Waals surface area contributed by atoms with Gasteiger partial charge in [0, 0.05) is 0 Å². The molecule has 31 nitrogen and oxygen atoms in total. The molecule has 67 heavy (non-hydrogen) atoms. The lowest BCUT2D eigenvalue weighted by molar-refractivity contribution is -0.407. The summed E-state index contributed by atoms with van der Waals surface area (Å²) in [6.07, 6.45) is -39.7. The van der Waals surface area contributed by atoms with Crippen LogP contribution in [0.5, 0.6) is 0 Å². The summed E-state index contributed by atoms with van der Waals surface area (Å²) in [6, 6.07) is 0. The molecule has 0 aromatic heterocycles. The summed E-state index contributed by atoms with van der Waals surface area (Å²) >= 11 is 0. The van der Waals surface area contributed by atoms with Crippen molar-refractivity contribution in [1.82, 2.24) is 0 Å². The second-order valence-electron chi connectivity index (χ2n) is 17.1. The van der Waals surface area contributed by atoms with Crippen molar-refractivity contribution in [2.75, 3.05) is 72.7 Å². The van der Waals surface area contributed by atoms with Crippen molar-refractivity contribution in [3.63, 3.8) is 0 Å². The number of hydrogen-bond donors (Lipinski definition) is 20. The van der Waals surface area contributed by atoms with E-state index in [9.17, 15) is 102 Å². The minimum absolute atomic E-state index is 0.885. The van der Waals surface area contributed by atoms with E-state index in [4.69, 9.17) is 52.1 Å². The molecule has 0 spiro atoms. The van der Waals surface area contributed by atoms with E-state index in [-0.39, 0.29) is 0 Å². The smallest absolute Gasteiger partial charge is 0.224 e. The van der Waals surface area contributed by atoms with Gasteiger partial charge >= 0.3 is 0 Å². The SMILES string of the molecule is OC[C@H]1OC(CO[C@]2(CO)O[C@H](CO)[C@@H](O)[C@@H]2O)(OC[C@]2(OC[C@]3(OC[C@@]4(O[C@H]5O[C@H](CO)[C@@H](O)[C@H](O)[C@H]5O)O[C@H](CO)[C@@H](O)[C@@H]4O)O[C@H](CO)[C@@H](O)[C@@H]3O)O[C@H](CO)[C@@H](O)[C@@H]2O)[C@@H](O)[C@@H]1O. The molecule has 6 heterocycles. The van der Waals surface area contributed by atoms with Gasteiger partial charge in [0.25, 0.3) is 0 Å². The van der Waals surface area contributed by atoms with E-state index in [2.05, 4.69) is 0 Å². The maximum Gasteiger partial charge on any atom is 0.224 e. The van der Waals surface area contributed by atoms with E-state index in [1.54, 1.807) is 0 Å². The molecule has 20 N–H and O–H groups in total. The van der Waals surface area contributed by atoms with E-state index in [1.807, 2.05) is 0 Å². The van der Waals surface area contributed by atoms with Crippen LogP contribution in [0.4, 0.5) is 0 Å². The van der Waals surface area contributed by atoms with Crippen LogP contribution in [0.25, 0.3) is 0 Å². The van der Waals surface area contributed by atoms with Crippen molar-refractivity contribution in [2.24, 2.45) is 0 Å². The Bertz CT molecular complexity index is 1590. The average Bonchev–Trinajstić information content (AvgIpc) is 4.00. The Hall–Kier alpha value is -1.24. The van der Waals surface area contributed by atoms with Gasteiger partial charge in [0.1, 0.15) is 149 Å². The lowest BCUT2D eigenvalue weighted by Gasteiger charge is -2.45. The topological polar surface area (TPSA) is 506 Å². The van der Waals surface area contributed by atoms with Crippen LogP contribution >= 0.6 is 0 Å². The number of ether oxygens (including phenoxy) is 11. The summed E-state index contributed by atoms with van der Waals surface area (Å²) in [5.41, 5.74) is 0. The first-order valence-corrected chi connectivity index (χ1v) is 21.0. The maximum atomic E-state index is 11.5. The highest BCUT2D eigenvalue weighted by atomic mass is 16.8. The molecule has 0 aromatic carbocycles. The van der Waals surface area contributed by atoms with Gasteiger partial charge in [0.2, 0.25) is 28.9 Å². The van der Waals surface area contributed by atoms with Gasteiger partial charge in [-0.25, -0.2) is 0 Å². The third kappa shape index (κ3) is 9.75. The van der Waals surface area contributed by atoms with Crippen molar-refractivity contribution < 1.29 is 154 Å². The van der Waals surface area contributed by atoms with Crippen molar-refractivity contribution >= 4 is 0 Å². The molecule has 0 aromatic rings. The Labute approximate surface area is 378 Å². The number of rotatable bonds is 21. The van der Waals surface area contributed by atoms with Gasteiger partial charge < -0.3 is 154 Å². The molecular formula is C36H62O31. The average molecular weight is 991 g/mol. The minimum Gasteiger partial charge on any atom is -0.394 e. The second kappa shape index (κ2) is 21.5. The summed E-state index contributed by atoms with van der Waals surface area (Å²) in [6.45, 7) is -12.4. The highest BCUT2D eigenvalue weighted by molar-refractivity contribution is 5.05. The molecule has 0 radical (unpaired) electrons. The second-order valence-corrected chi connectivity index (χ2v) is 17.1. The molecule has 31 heteroatoms. The van der Waals surface area contributed by atoms with Crippen molar-refractivity contribution in [1.29, 1.82) is 0 Å². The minimum atomic E-state index is -2.90. The number of hydrogen-bond acceptors (Lipinski definition) is 31. The lowest BCUT2D eigenvalue weighted by Crippen LogP contribution is -2.64. The lowest BCUT2D eigenvalue weighted by atomic mass is 9.99. The van der Waals surface area contributed by atoms with Crippen LogP contribution in [0.15, 0.2) is 0 Å². The molecule has 392 valence electrons. The van der Waals surface area contributed by atoms with Gasteiger partial charge in [-0.15, -0.1) is 0 Å². The van der Waals surface area contributed by atoms with Crippen LogP contribution in [0.1, 0.15) is 0 Å². The quantitative estimate of drug-likeness (QED) is 0.0508. The highest BCUT2D eigenvalue weighted by Crippen LogP contribution is 2.44. The van der Waals surface area contributed by atoms with Gasteiger partial charge in [-0.2, -0.15) is 0 Å². The van der Waals surface area contributed by atoms with Crippen LogP contribution < -0.4 is 0 Å². The van der Waals surface area contributed by atoms with Crippen LogP contribution in [0.3, 0.4) is 0 Å². The Morgan fingerprint density at radius 3 is 0.881 bits per heavy atom. The molecule has 6 aliphatic rings. The Morgan fingerprint density at radius 1 is 0.299 bits per heavy atom. The molecule has 25 atom stereocenters. The Morgan fingerprint density at radius 2 is 0.567 bits per heavy atom. The fourth-order valence-electron chi connectivity index (χ4n) is 8.66. The zero-order valence-electron chi connectivity index (χ0n) is 35.3. The predicted octanol–water partition coefficient (Wildman–Crippen LogP) is -14.1. The first-order chi connectivity index (χ1) is 31.6. The summed E-state index contributed by atoms with van der Waals surface area (Å²) in [5, 5.41) is 211. The van der Waals surface area contributed by atoms with Crippen molar-refractivity contribution in [3.05, 3.63) is 0 Å². The Balaban J connectivity index is 1.33. The van der Waals surface area contributed by atoms with Crippen molar-refractivity contribution in [3.8, 4) is 0 Å². The fourth-order valence-corrected chi connectivity index (χ4v) is 8.66. The van der Waals surface area contributed by atoms with Gasteiger partial charge in [0.05, 0.1) is 39.6 Å². The zero-order chi connectivity index (χ0) is 49.6. The molecular weight excluding hydrogens is 928 g/mol. The van der Waals surface area contributed by atoms with Crippen molar-refractivity contribution in [2.45, 2.75) is 151 Å². The molecule has 1 unspecified atom stereocenters. The zero-order valence-corrected chi connectivity index (χ0v) is 35.3. The molecule has 6 saturated heterocycles. The van der Waals surface area contributed by atoms with Crippen LogP contribution in [0.2, 0.25) is 0 Å². The maximum absolute atomic E-state index is 11.5. The molecule has 0 amide bonds. The fraction of sp³-hybridized carbons (Fsp3) is 1.00. The molecule has 6 rings (SSSR count). The normalized spacial score (nSPS) is 52.5. The van der Waals surface area contributed by atoms with Gasteiger partial charge in [-0.3, -0.25) is 0 Å². The van der Waals surface area contributed by atoms with Gasteiger partial charge in [0.15, 0.2) is 6.29 Å². The summed E-state index contributed by atoms with van der Waals surface area (Å²) < 4.78 is 62.6.